The van der Waals surface area contributed by atoms with Crippen LogP contribution in [0, 0.1) is 17.2 Å². The summed E-state index contributed by atoms with van der Waals surface area (Å²) in [7, 11) is 0. The van der Waals surface area contributed by atoms with Crippen LogP contribution in [0.5, 0.6) is 0 Å². The molecule has 0 saturated carbocycles. The second-order valence-corrected chi connectivity index (χ2v) is 5.26. The van der Waals surface area contributed by atoms with Gasteiger partial charge in [-0.15, -0.1) is 0 Å². The normalized spacial score (nSPS) is 17.2. The minimum Gasteiger partial charge on any atom is -0.480 e. The van der Waals surface area contributed by atoms with Crippen LogP contribution in [0.25, 0.3) is 0 Å². The number of carbonyl (C=O) groups is 2. The van der Waals surface area contributed by atoms with Crippen LogP contribution in [0.3, 0.4) is 0 Å². The van der Waals surface area contributed by atoms with E-state index < -0.39 is 17.9 Å². The van der Waals surface area contributed by atoms with Crippen LogP contribution in [-0.2, 0) is 14.3 Å². The van der Waals surface area contributed by atoms with Crippen molar-refractivity contribution in [1.82, 2.24) is 10.2 Å². The summed E-state index contributed by atoms with van der Waals surface area (Å²) in [5.74, 6) is -1.22. The predicted octanol–water partition coefficient (Wildman–Crippen LogP) is 0.342. The minimum atomic E-state index is -1.00. The van der Waals surface area contributed by atoms with E-state index >= 15 is 0 Å². The Morgan fingerprint density at radius 1 is 1.43 bits per heavy atom. The van der Waals surface area contributed by atoms with Gasteiger partial charge in [-0.1, -0.05) is 13.8 Å². The molecule has 116 valence electrons. The summed E-state index contributed by atoms with van der Waals surface area (Å²) in [5, 5.41) is 20.8. The monoisotopic (exact) mass is 295 g/mol. The maximum atomic E-state index is 12.1. The average molecular weight is 295 g/mol. The van der Waals surface area contributed by atoms with Gasteiger partial charge < -0.3 is 20.1 Å². The third-order valence-electron chi connectivity index (χ3n) is 3.08. The molecule has 1 saturated heterocycles. The summed E-state index contributed by atoms with van der Waals surface area (Å²) in [6, 6.07) is 1.01. The fraction of sp³-hybridized carbons (Fsp3) is 0.643. The first kappa shape index (κ1) is 17.0. The Labute approximate surface area is 124 Å². The highest BCUT2D eigenvalue weighted by molar-refractivity contribution is 5.97. The molecule has 1 unspecified atom stereocenters. The maximum absolute atomic E-state index is 12.1. The van der Waals surface area contributed by atoms with Crippen molar-refractivity contribution in [2.45, 2.75) is 26.3 Å². The Morgan fingerprint density at radius 3 is 2.52 bits per heavy atom. The van der Waals surface area contributed by atoms with Crippen molar-refractivity contribution >= 4 is 11.9 Å². The second kappa shape index (κ2) is 8.27. The molecule has 1 fully saturated rings. The minimum absolute atomic E-state index is 0.0908. The number of carbonyl (C=O) groups excluding carboxylic acids is 1. The van der Waals surface area contributed by atoms with Gasteiger partial charge in [0.25, 0.3) is 5.91 Å². The van der Waals surface area contributed by atoms with Crippen molar-refractivity contribution in [2.24, 2.45) is 5.92 Å². The Hall–Kier alpha value is -2.07. The van der Waals surface area contributed by atoms with Gasteiger partial charge in [0.15, 0.2) is 0 Å². The van der Waals surface area contributed by atoms with E-state index in [1.165, 1.54) is 11.1 Å². The van der Waals surface area contributed by atoms with Gasteiger partial charge in [-0.2, -0.15) is 5.26 Å². The first-order chi connectivity index (χ1) is 9.95. The van der Waals surface area contributed by atoms with Crippen LogP contribution in [0.4, 0.5) is 0 Å². The van der Waals surface area contributed by atoms with E-state index in [0.717, 1.165) is 0 Å². The fourth-order valence-corrected chi connectivity index (χ4v) is 1.97. The molecule has 1 amide bonds. The number of nitriles is 1. The molecular weight excluding hydrogens is 274 g/mol. The third kappa shape index (κ3) is 5.44. The summed E-state index contributed by atoms with van der Waals surface area (Å²) < 4.78 is 5.15. The molecule has 0 aliphatic carbocycles. The van der Waals surface area contributed by atoms with Crippen molar-refractivity contribution in [3.05, 3.63) is 11.8 Å². The largest absolute Gasteiger partial charge is 0.480 e. The standard InChI is InChI=1S/C14H21N3O4/c1-10(2)7-12(14(19)20)16-9-11(8-15)13(18)17-3-5-21-6-4-17/h9-10,12,16H,3-7H2,1-2H3,(H,19,20)/b11-9-. The topological polar surface area (TPSA) is 103 Å². The zero-order chi connectivity index (χ0) is 15.8. The molecule has 7 heteroatoms. The van der Waals surface area contributed by atoms with E-state index in [-0.39, 0.29) is 11.5 Å². The molecule has 21 heavy (non-hydrogen) atoms. The molecule has 0 radical (unpaired) electrons. The predicted molar refractivity (Wildman–Crippen MR) is 75.1 cm³/mol. The van der Waals surface area contributed by atoms with Gasteiger partial charge in [0.2, 0.25) is 0 Å². The van der Waals surface area contributed by atoms with Crippen LogP contribution >= 0.6 is 0 Å². The smallest absolute Gasteiger partial charge is 0.326 e. The first-order valence-corrected chi connectivity index (χ1v) is 6.91. The van der Waals surface area contributed by atoms with Gasteiger partial charge in [0.1, 0.15) is 17.7 Å². The van der Waals surface area contributed by atoms with Gasteiger partial charge >= 0.3 is 5.97 Å². The fourth-order valence-electron chi connectivity index (χ4n) is 1.97. The second-order valence-electron chi connectivity index (χ2n) is 5.26. The van der Waals surface area contributed by atoms with Crippen molar-refractivity contribution < 1.29 is 19.4 Å². The number of hydrogen-bond donors (Lipinski definition) is 2. The molecular formula is C14H21N3O4. The molecule has 0 aromatic rings. The van der Waals surface area contributed by atoms with Crippen LogP contribution in [0.2, 0.25) is 0 Å². The number of amides is 1. The van der Waals surface area contributed by atoms with Crippen LogP contribution in [0.1, 0.15) is 20.3 Å². The summed E-state index contributed by atoms with van der Waals surface area (Å²) >= 11 is 0. The van der Waals surface area contributed by atoms with Gasteiger partial charge in [-0.25, -0.2) is 4.79 Å². The number of carboxylic acids is 1. The molecule has 1 heterocycles. The lowest BCUT2D eigenvalue weighted by atomic mass is 10.0. The zero-order valence-electron chi connectivity index (χ0n) is 12.3. The number of morpholine rings is 1. The number of ether oxygens (including phenoxy) is 1. The maximum Gasteiger partial charge on any atom is 0.326 e. The summed E-state index contributed by atoms with van der Waals surface area (Å²) in [4.78, 5) is 24.8. The lowest BCUT2D eigenvalue weighted by molar-refractivity contribution is -0.139. The van der Waals surface area contributed by atoms with Crippen molar-refractivity contribution in [3.63, 3.8) is 0 Å². The molecule has 1 atom stereocenters. The Morgan fingerprint density at radius 2 is 2.05 bits per heavy atom. The number of nitrogens with one attached hydrogen (secondary N) is 1. The highest BCUT2D eigenvalue weighted by Gasteiger charge is 2.22. The molecule has 0 bridgehead atoms. The average Bonchev–Trinajstić information content (AvgIpc) is 2.46. The number of nitrogens with zero attached hydrogens (tertiary/aromatic N) is 2. The van der Waals surface area contributed by atoms with E-state index in [9.17, 15) is 9.59 Å². The molecule has 2 N–H and O–H groups in total. The van der Waals surface area contributed by atoms with Gasteiger partial charge in [0.05, 0.1) is 13.2 Å². The van der Waals surface area contributed by atoms with Crippen molar-refractivity contribution in [1.29, 1.82) is 5.26 Å². The molecule has 0 aromatic carbocycles. The van der Waals surface area contributed by atoms with E-state index in [1.807, 2.05) is 19.9 Å². The van der Waals surface area contributed by atoms with Gasteiger partial charge in [-0.05, 0) is 12.3 Å². The SMILES string of the molecule is CC(C)CC(N/C=C(/C#N)C(=O)N1CCOCC1)C(=O)O. The number of hydrogen-bond acceptors (Lipinski definition) is 5. The van der Waals surface area contributed by atoms with E-state index in [0.29, 0.717) is 32.7 Å². The van der Waals surface area contributed by atoms with Crippen LogP contribution < -0.4 is 5.32 Å². The van der Waals surface area contributed by atoms with Gasteiger partial charge in [0, 0.05) is 19.3 Å². The molecule has 7 nitrogen and oxygen atoms in total. The highest BCUT2D eigenvalue weighted by atomic mass is 16.5. The summed E-state index contributed by atoms with van der Waals surface area (Å²) in [5.41, 5.74) is -0.0908. The zero-order valence-corrected chi connectivity index (χ0v) is 12.3. The first-order valence-electron chi connectivity index (χ1n) is 6.91. The van der Waals surface area contributed by atoms with Crippen LogP contribution in [-0.4, -0.2) is 54.2 Å². The molecule has 1 aliphatic rings. The molecule has 0 aromatic heterocycles. The Kier molecular flexibility index (Phi) is 6.69. The van der Waals surface area contributed by atoms with Crippen molar-refractivity contribution in [3.8, 4) is 6.07 Å². The van der Waals surface area contributed by atoms with E-state index in [4.69, 9.17) is 15.1 Å². The highest BCUT2D eigenvalue weighted by Crippen LogP contribution is 2.07. The molecule has 1 aliphatic heterocycles. The van der Waals surface area contributed by atoms with Gasteiger partial charge in [-0.3, -0.25) is 4.79 Å². The van der Waals surface area contributed by atoms with Crippen LogP contribution in [0.15, 0.2) is 11.8 Å². The number of carboxylic acid groups (broad SMARTS) is 1. The van der Waals surface area contributed by atoms with E-state index in [2.05, 4.69) is 5.32 Å². The number of rotatable bonds is 6. The lowest BCUT2D eigenvalue weighted by Gasteiger charge is -2.26. The quantitative estimate of drug-likeness (QED) is 0.541. The molecule has 0 spiro atoms. The lowest BCUT2D eigenvalue weighted by Crippen LogP contribution is -2.42. The summed E-state index contributed by atoms with van der Waals surface area (Å²) in [6.45, 7) is 5.58. The molecule has 1 rings (SSSR count). The summed E-state index contributed by atoms with van der Waals surface area (Å²) in [6.07, 6.45) is 1.62. The third-order valence-corrected chi connectivity index (χ3v) is 3.08. The Bertz CT molecular complexity index is 448. The van der Waals surface area contributed by atoms with Crippen molar-refractivity contribution in [2.75, 3.05) is 26.3 Å². The number of aliphatic carboxylic acids is 1. The Balaban J connectivity index is 2.71. The van der Waals surface area contributed by atoms with E-state index in [1.54, 1.807) is 0 Å².